The number of H-pyrrole nitrogens is 1. The topological polar surface area (TPSA) is 67.1 Å². The van der Waals surface area contributed by atoms with Crippen LogP contribution in [-0.4, -0.2) is 22.3 Å². The molecule has 0 bridgehead atoms. The summed E-state index contributed by atoms with van der Waals surface area (Å²) < 4.78 is 0. The summed E-state index contributed by atoms with van der Waals surface area (Å²) in [6, 6.07) is 0. The summed E-state index contributed by atoms with van der Waals surface area (Å²) in [6.07, 6.45) is 5.17. The molecule has 0 aliphatic carbocycles. The van der Waals surface area contributed by atoms with Gasteiger partial charge in [0.1, 0.15) is 0 Å². The van der Waals surface area contributed by atoms with Gasteiger partial charge in [-0.3, -0.25) is 4.99 Å². The molecule has 0 aliphatic rings. The van der Waals surface area contributed by atoms with Crippen molar-refractivity contribution in [1.82, 2.24) is 9.97 Å². The minimum absolute atomic E-state index is 0.717. The average molecular weight is 166 g/mol. The first-order chi connectivity index (χ1) is 5.83. The predicted molar refractivity (Wildman–Crippen MR) is 49.1 cm³/mol. The van der Waals surface area contributed by atoms with Gasteiger partial charge in [-0.2, -0.15) is 0 Å². The zero-order valence-electron chi connectivity index (χ0n) is 7.25. The fourth-order valence-corrected chi connectivity index (χ4v) is 0.853. The molecule has 4 heteroatoms. The highest BCUT2D eigenvalue weighted by Crippen LogP contribution is 1.92. The van der Waals surface area contributed by atoms with Crippen LogP contribution in [0.2, 0.25) is 0 Å². The average Bonchev–Trinajstić information content (AvgIpc) is 2.57. The van der Waals surface area contributed by atoms with E-state index in [0.29, 0.717) is 0 Å². The van der Waals surface area contributed by atoms with Crippen molar-refractivity contribution >= 4 is 5.84 Å². The molecular weight excluding hydrogens is 152 g/mol. The zero-order chi connectivity index (χ0) is 8.81. The van der Waals surface area contributed by atoms with Crippen LogP contribution in [0.1, 0.15) is 19.0 Å². The lowest BCUT2D eigenvalue weighted by molar-refractivity contribution is 0.926. The maximum Gasteiger partial charge on any atom is 0.0934 e. The lowest BCUT2D eigenvalue weighted by Crippen LogP contribution is -2.10. The molecule has 3 N–H and O–H groups in total. The second kappa shape index (κ2) is 4.54. The van der Waals surface area contributed by atoms with Crippen molar-refractivity contribution in [3.8, 4) is 0 Å². The van der Waals surface area contributed by atoms with Gasteiger partial charge in [0.25, 0.3) is 0 Å². The number of aromatic nitrogens is 2. The number of hydrogen-bond donors (Lipinski definition) is 2. The Morgan fingerprint density at radius 2 is 2.58 bits per heavy atom. The van der Waals surface area contributed by atoms with Gasteiger partial charge < -0.3 is 10.7 Å². The fourth-order valence-electron chi connectivity index (χ4n) is 0.853. The first-order valence-corrected chi connectivity index (χ1v) is 4.09. The number of amidine groups is 1. The lowest BCUT2D eigenvalue weighted by Gasteiger charge is -1.95. The monoisotopic (exact) mass is 166 g/mol. The molecule has 0 fully saturated rings. The molecule has 66 valence electrons. The maximum absolute atomic E-state index is 5.54. The maximum atomic E-state index is 5.54. The van der Waals surface area contributed by atoms with Gasteiger partial charge in [0.05, 0.1) is 12.2 Å². The third kappa shape index (κ3) is 2.74. The van der Waals surface area contributed by atoms with Crippen LogP contribution < -0.4 is 5.73 Å². The Morgan fingerprint density at radius 3 is 3.17 bits per heavy atom. The van der Waals surface area contributed by atoms with Gasteiger partial charge in [0, 0.05) is 31.3 Å². The van der Waals surface area contributed by atoms with Crippen LogP contribution >= 0.6 is 0 Å². The van der Waals surface area contributed by atoms with Crippen LogP contribution in [0.25, 0.3) is 0 Å². The minimum Gasteiger partial charge on any atom is -0.387 e. The molecule has 12 heavy (non-hydrogen) atoms. The summed E-state index contributed by atoms with van der Waals surface area (Å²) in [7, 11) is 0. The third-order valence-electron chi connectivity index (χ3n) is 1.61. The molecule has 0 amide bonds. The van der Waals surface area contributed by atoms with E-state index in [-0.39, 0.29) is 0 Å². The van der Waals surface area contributed by atoms with E-state index in [4.69, 9.17) is 5.73 Å². The summed E-state index contributed by atoms with van der Waals surface area (Å²) in [5.41, 5.74) is 6.64. The minimum atomic E-state index is 0.717. The number of aromatic amines is 1. The highest BCUT2D eigenvalue weighted by atomic mass is 14.9. The molecule has 1 aromatic rings. The first-order valence-electron chi connectivity index (χ1n) is 4.09. The van der Waals surface area contributed by atoms with Crippen LogP contribution in [0.5, 0.6) is 0 Å². The first kappa shape index (κ1) is 8.77. The van der Waals surface area contributed by atoms with E-state index in [1.807, 2.05) is 6.92 Å². The SMILES string of the molecule is CCC(N)=NCCc1cnc[nH]1. The van der Waals surface area contributed by atoms with Gasteiger partial charge >= 0.3 is 0 Å². The van der Waals surface area contributed by atoms with E-state index in [9.17, 15) is 0 Å². The summed E-state index contributed by atoms with van der Waals surface area (Å²) in [6.45, 7) is 2.73. The Morgan fingerprint density at radius 1 is 1.75 bits per heavy atom. The Hall–Kier alpha value is -1.32. The van der Waals surface area contributed by atoms with E-state index >= 15 is 0 Å². The van der Waals surface area contributed by atoms with Crippen molar-refractivity contribution < 1.29 is 0 Å². The van der Waals surface area contributed by atoms with E-state index < -0.39 is 0 Å². The van der Waals surface area contributed by atoms with Crippen molar-refractivity contribution in [3.05, 3.63) is 18.2 Å². The van der Waals surface area contributed by atoms with E-state index in [2.05, 4.69) is 15.0 Å². The largest absolute Gasteiger partial charge is 0.387 e. The molecule has 0 aromatic carbocycles. The quantitative estimate of drug-likeness (QED) is 0.511. The van der Waals surface area contributed by atoms with Crippen molar-refractivity contribution in [3.63, 3.8) is 0 Å². The molecule has 4 nitrogen and oxygen atoms in total. The molecule has 1 aromatic heterocycles. The number of rotatable bonds is 4. The summed E-state index contributed by atoms with van der Waals surface area (Å²) in [4.78, 5) is 11.1. The van der Waals surface area contributed by atoms with Gasteiger partial charge in [-0.05, 0) is 0 Å². The van der Waals surface area contributed by atoms with Crippen molar-refractivity contribution in [2.24, 2.45) is 10.7 Å². The van der Waals surface area contributed by atoms with E-state index in [0.717, 1.165) is 30.9 Å². The molecule has 0 aliphatic heterocycles. The number of hydrogen-bond acceptors (Lipinski definition) is 2. The highest BCUT2D eigenvalue weighted by Gasteiger charge is 1.92. The summed E-state index contributed by atoms with van der Waals surface area (Å²) in [5, 5.41) is 0. The van der Waals surface area contributed by atoms with Crippen LogP contribution in [0, 0.1) is 0 Å². The predicted octanol–water partition coefficient (Wildman–Crippen LogP) is 0.719. The van der Waals surface area contributed by atoms with E-state index in [1.165, 1.54) is 0 Å². The molecule has 0 saturated carbocycles. The Bertz CT molecular complexity index is 238. The van der Waals surface area contributed by atoms with E-state index in [1.54, 1.807) is 12.5 Å². The number of aliphatic imine (C=N–C) groups is 1. The van der Waals surface area contributed by atoms with Crippen LogP contribution in [0.4, 0.5) is 0 Å². The highest BCUT2D eigenvalue weighted by molar-refractivity contribution is 5.79. The van der Waals surface area contributed by atoms with Crippen molar-refractivity contribution in [1.29, 1.82) is 0 Å². The standard InChI is InChI=1S/C8H14N4/c1-2-8(9)11-4-3-7-5-10-6-12-7/h5-6H,2-4H2,1H3,(H2,9,11)(H,10,12). The molecule has 0 atom stereocenters. The Balaban J connectivity index is 2.28. The number of nitrogens with one attached hydrogen (secondary N) is 1. The summed E-state index contributed by atoms with van der Waals surface area (Å²) in [5.74, 6) is 0.717. The molecule has 0 spiro atoms. The van der Waals surface area contributed by atoms with Gasteiger partial charge in [0.2, 0.25) is 0 Å². The second-order valence-electron chi connectivity index (χ2n) is 2.55. The Kier molecular flexibility index (Phi) is 3.32. The number of imidazole rings is 1. The smallest absolute Gasteiger partial charge is 0.0934 e. The Labute approximate surface area is 71.9 Å². The van der Waals surface area contributed by atoms with Gasteiger partial charge in [-0.15, -0.1) is 0 Å². The molecule has 1 heterocycles. The van der Waals surface area contributed by atoms with Crippen LogP contribution in [-0.2, 0) is 6.42 Å². The van der Waals surface area contributed by atoms with Gasteiger partial charge in [-0.25, -0.2) is 4.98 Å². The van der Waals surface area contributed by atoms with Gasteiger partial charge in [0.15, 0.2) is 0 Å². The van der Waals surface area contributed by atoms with Crippen molar-refractivity contribution in [2.45, 2.75) is 19.8 Å². The molecule has 0 saturated heterocycles. The lowest BCUT2D eigenvalue weighted by atomic mass is 10.3. The zero-order valence-corrected chi connectivity index (χ0v) is 7.25. The number of nitrogens with two attached hydrogens (primary N) is 1. The van der Waals surface area contributed by atoms with Crippen LogP contribution in [0.3, 0.4) is 0 Å². The molecular formula is C8H14N4. The normalized spacial score (nSPS) is 11.9. The van der Waals surface area contributed by atoms with Gasteiger partial charge in [-0.1, -0.05) is 6.92 Å². The molecule has 1 rings (SSSR count). The third-order valence-corrected chi connectivity index (χ3v) is 1.61. The number of nitrogens with zero attached hydrogens (tertiary/aromatic N) is 2. The summed E-state index contributed by atoms with van der Waals surface area (Å²) >= 11 is 0. The molecule has 0 unspecified atom stereocenters. The molecule has 0 radical (unpaired) electrons. The second-order valence-corrected chi connectivity index (χ2v) is 2.55. The fraction of sp³-hybridized carbons (Fsp3) is 0.500. The van der Waals surface area contributed by atoms with Crippen molar-refractivity contribution in [2.75, 3.05) is 6.54 Å². The van der Waals surface area contributed by atoms with Crippen LogP contribution in [0.15, 0.2) is 17.5 Å².